The van der Waals surface area contributed by atoms with Gasteiger partial charge in [-0.1, -0.05) is 17.9 Å². The van der Waals surface area contributed by atoms with Gasteiger partial charge in [-0.25, -0.2) is 0 Å². The van der Waals surface area contributed by atoms with Crippen molar-refractivity contribution in [3.63, 3.8) is 0 Å². The first-order valence-corrected chi connectivity index (χ1v) is 14.2. The molecule has 0 rings (SSSR count). The Hall–Kier alpha value is 0.0506. The molecule has 0 fully saturated rings. The minimum absolute atomic E-state index is 0.896. The van der Waals surface area contributed by atoms with Crippen molar-refractivity contribution < 1.29 is 8.23 Å². The van der Waals surface area contributed by atoms with Gasteiger partial charge in [0.1, 0.15) is 0 Å². The van der Waals surface area contributed by atoms with Crippen LogP contribution in [0, 0.1) is 0 Å². The first kappa shape index (κ1) is 16.1. The van der Waals surface area contributed by atoms with E-state index in [0.29, 0.717) is 0 Å². The van der Waals surface area contributed by atoms with E-state index in [0.717, 1.165) is 6.42 Å². The van der Waals surface area contributed by atoms with Crippen molar-refractivity contribution in [2.45, 2.75) is 45.7 Å². The smallest absolute Gasteiger partial charge is 0.327 e. The van der Waals surface area contributed by atoms with E-state index in [1.54, 1.807) is 0 Å². The summed E-state index contributed by atoms with van der Waals surface area (Å²) in [7, 11) is -4.62. The molecular weight excluding hydrogens is 248 g/mol. The summed E-state index contributed by atoms with van der Waals surface area (Å²) in [4.78, 5) is 0. The molecule has 0 radical (unpaired) electrons. The second-order valence-electron chi connectivity index (χ2n) is 5.78. The Labute approximate surface area is 104 Å². The molecule has 0 saturated heterocycles. The molecule has 0 bridgehead atoms. The Kier molecular flexibility index (Phi) is 6.73. The zero-order valence-electron chi connectivity index (χ0n) is 11.5. The van der Waals surface area contributed by atoms with Gasteiger partial charge in [-0.3, -0.25) is 0 Å². The Morgan fingerprint density at radius 3 is 1.75 bits per heavy atom. The average molecular weight is 275 g/mol. The summed E-state index contributed by atoms with van der Waals surface area (Å²) in [5, 5.41) is 0. The Bertz CT molecular complexity index is 223. The van der Waals surface area contributed by atoms with Crippen LogP contribution in [-0.4, -0.2) is 25.9 Å². The maximum atomic E-state index is 6.13. The Morgan fingerprint density at radius 2 is 1.44 bits per heavy atom. The van der Waals surface area contributed by atoms with E-state index in [1.165, 1.54) is 0 Å². The molecule has 0 aliphatic heterocycles. The number of rotatable bonds is 7. The molecule has 0 aromatic heterocycles. The molecule has 0 N–H and O–H groups in total. The van der Waals surface area contributed by atoms with Crippen molar-refractivity contribution in [3.8, 4) is 0 Å². The Balaban J connectivity index is 4.45. The van der Waals surface area contributed by atoms with Gasteiger partial charge in [0, 0.05) is 0 Å². The largest absolute Gasteiger partial charge is 0.436 e. The fraction of sp³-hybridized carbons (Fsp3) is 0.636. The summed E-state index contributed by atoms with van der Waals surface area (Å²) in [6, 6.07) is 0. The van der Waals surface area contributed by atoms with E-state index in [2.05, 4.69) is 57.6 Å². The first-order chi connectivity index (χ1) is 7.14. The van der Waals surface area contributed by atoms with Gasteiger partial charge in [0.25, 0.3) is 0 Å². The van der Waals surface area contributed by atoms with Crippen LogP contribution in [0.1, 0.15) is 6.42 Å². The average Bonchev–Trinajstić information content (AvgIpc) is 1.97. The van der Waals surface area contributed by atoms with E-state index in [4.69, 9.17) is 8.23 Å². The van der Waals surface area contributed by atoms with Gasteiger partial charge in [-0.05, 0) is 45.7 Å². The lowest BCUT2D eigenvalue weighted by atomic mass is 10.4. The maximum Gasteiger partial charge on any atom is 0.327 e. The lowest BCUT2D eigenvalue weighted by molar-refractivity contribution is 0.434. The lowest BCUT2D eigenvalue weighted by Gasteiger charge is -2.28. The highest BCUT2D eigenvalue weighted by Crippen LogP contribution is 2.12. The summed E-state index contributed by atoms with van der Waals surface area (Å²) < 4.78 is 12.3. The zero-order valence-corrected chi connectivity index (χ0v) is 14.7. The molecule has 0 aromatic rings. The molecule has 5 heteroatoms. The van der Waals surface area contributed by atoms with E-state index in [9.17, 15) is 0 Å². The molecule has 0 aliphatic rings. The molecule has 0 aliphatic carbocycles. The van der Waals surface area contributed by atoms with Crippen molar-refractivity contribution in [2.24, 2.45) is 0 Å². The quantitative estimate of drug-likeness (QED) is 0.522. The molecule has 16 heavy (non-hydrogen) atoms. The highest BCUT2D eigenvalue weighted by atomic mass is 28.4. The van der Waals surface area contributed by atoms with Gasteiger partial charge in [0.2, 0.25) is 0 Å². The highest BCUT2D eigenvalue weighted by Gasteiger charge is 2.26. The van der Waals surface area contributed by atoms with E-state index in [1.807, 2.05) is 6.08 Å². The minimum atomic E-state index is -1.62. The van der Waals surface area contributed by atoms with E-state index < -0.39 is 25.9 Å². The van der Waals surface area contributed by atoms with Crippen LogP contribution >= 0.6 is 0 Å². The summed E-state index contributed by atoms with van der Waals surface area (Å²) in [5.74, 6) is 0. The van der Waals surface area contributed by atoms with Crippen LogP contribution in [0.3, 0.4) is 0 Å². The maximum absolute atomic E-state index is 6.13. The van der Waals surface area contributed by atoms with Crippen molar-refractivity contribution in [3.05, 3.63) is 24.4 Å². The molecule has 0 saturated carbocycles. The van der Waals surface area contributed by atoms with Crippen LogP contribution in [0.5, 0.6) is 0 Å². The number of allylic oxidation sites excluding steroid dienone is 2. The van der Waals surface area contributed by atoms with E-state index in [-0.39, 0.29) is 0 Å². The monoisotopic (exact) mass is 274 g/mol. The fourth-order valence-electron chi connectivity index (χ4n) is 1.09. The molecule has 2 nitrogen and oxygen atoms in total. The highest BCUT2D eigenvalue weighted by molar-refractivity contribution is 6.82. The summed E-state index contributed by atoms with van der Waals surface area (Å²) in [6.07, 6.45) is 4.91. The normalized spacial score (nSPS) is 13.7. The van der Waals surface area contributed by atoms with Gasteiger partial charge < -0.3 is 8.23 Å². The summed E-state index contributed by atoms with van der Waals surface area (Å²) in [5.41, 5.74) is 2.15. The summed E-state index contributed by atoms with van der Waals surface area (Å²) in [6.45, 7) is 17.0. The fourth-order valence-corrected chi connectivity index (χ4v) is 8.29. The third-order valence-electron chi connectivity index (χ3n) is 1.54. The van der Waals surface area contributed by atoms with Crippen LogP contribution in [-0.2, 0) is 8.23 Å². The van der Waals surface area contributed by atoms with Gasteiger partial charge in [-0.2, -0.15) is 0 Å². The molecule has 0 spiro atoms. The van der Waals surface area contributed by atoms with Crippen molar-refractivity contribution in [2.75, 3.05) is 0 Å². The number of hydrogen-bond acceptors (Lipinski definition) is 2. The van der Waals surface area contributed by atoms with Gasteiger partial charge >= 0.3 is 9.28 Å². The van der Waals surface area contributed by atoms with Crippen molar-refractivity contribution >= 4 is 25.9 Å². The molecule has 0 heterocycles. The van der Waals surface area contributed by atoms with Crippen molar-refractivity contribution in [1.29, 1.82) is 0 Å². The molecule has 0 unspecified atom stereocenters. The molecule has 0 amide bonds. The van der Waals surface area contributed by atoms with Gasteiger partial charge in [0.15, 0.2) is 16.6 Å². The predicted octanol–water partition coefficient (Wildman–Crippen LogP) is 3.58. The topological polar surface area (TPSA) is 18.5 Å². The molecular formula is C11H26O2Si3. The Morgan fingerprint density at radius 1 is 1.00 bits per heavy atom. The lowest BCUT2D eigenvalue weighted by Crippen LogP contribution is -2.42. The predicted molar refractivity (Wildman–Crippen MR) is 80.0 cm³/mol. The summed E-state index contributed by atoms with van der Waals surface area (Å²) >= 11 is 0. The third kappa shape index (κ3) is 10.6. The van der Waals surface area contributed by atoms with Crippen LogP contribution in [0.4, 0.5) is 0 Å². The van der Waals surface area contributed by atoms with E-state index >= 15 is 0 Å². The second-order valence-corrected chi connectivity index (χ2v) is 17.2. The molecule has 0 aromatic carbocycles. The standard InChI is InChI=1S/C11H26O2Si3/c1-8-9-10-11-14(12-15(2,3)4)13-16(5,6)7/h8,10-11,14H,1,9H2,2-7H3. The SMILES string of the molecule is C=CCC=C[SiH](O[Si](C)(C)C)O[Si](C)(C)C. The number of hydrogen-bond donors (Lipinski definition) is 0. The van der Waals surface area contributed by atoms with Crippen LogP contribution in [0.2, 0.25) is 39.3 Å². The minimum Gasteiger partial charge on any atom is -0.436 e. The molecule has 0 atom stereocenters. The zero-order chi connectivity index (χ0) is 12.8. The second kappa shape index (κ2) is 6.71. The van der Waals surface area contributed by atoms with Gasteiger partial charge in [0.05, 0.1) is 0 Å². The van der Waals surface area contributed by atoms with Crippen LogP contribution in [0.25, 0.3) is 0 Å². The van der Waals surface area contributed by atoms with Crippen LogP contribution in [0.15, 0.2) is 24.4 Å². The first-order valence-electron chi connectivity index (χ1n) is 5.77. The molecule has 94 valence electrons. The third-order valence-corrected chi connectivity index (χ3v) is 9.64. The van der Waals surface area contributed by atoms with Crippen molar-refractivity contribution in [1.82, 2.24) is 0 Å². The van der Waals surface area contributed by atoms with Crippen LogP contribution < -0.4 is 0 Å². The van der Waals surface area contributed by atoms with Gasteiger partial charge in [-0.15, -0.1) is 6.58 Å².